The first-order valence-electron chi connectivity index (χ1n) is 8.60. The number of amides is 1. The lowest BCUT2D eigenvalue weighted by molar-refractivity contribution is -0.114. The summed E-state index contributed by atoms with van der Waals surface area (Å²) in [7, 11) is 1.82. The van der Waals surface area contributed by atoms with E-state index in [-0.39, 0.29) is 5.91 Å². The van der Waals surface area contributed by atoms with Gasteiger partial charge in [-0.1, -0.05) is 30.3 Å². The van der Waals surface area contributed by atoms with Crippen molar-refractivity contribution >= 4 is 23.2 Å². The molecule has 5 heteroatoms. The number of fused-ring (bicyclic) bond motifs is 1. The van der Waals surface area contributed by atoms with E-state index in [1.807, 2.05) is 31.3 Å². The number of benzene rings is 2. The number of carbonyl (C=O) groups excluding carboxylic acids is 1. The van der Waals surface area contributed by atoms with Gasteiger partial charge in [0.2, 0.25) is 5.91 Å². The fourth-order valence-corrected chi connectivity index (χ4v) is 3.13. The molecule has 0 spiro atoms. The van der Waals surface area contributed by atoms with Crippen LogP contribution in [0.15, 0.2) is 53.5 Å². The Morgan fingerprint density at radius 3 is 2.64 bits per heavy atom. The van der Waals surface area contributed by atoms with Gasteiger partial charge in [-0.25, -0.2) is 0 Å². The zero-order valence-corrected chi connectivity index (χ0v) is 14.7. The zero-order valence-electron chi connectivity index (χ0n) is 14.7. The monoisotopic (exact) mass is 336 g/mol. The molecule has 25 heavy (non-hydrogen) atoms. The number of nitrogens with zero attached hydrogens (tertiary/aromatic N) is 2. The molecule has 0 unspecified atom stereocenters. The Hall–Kier alpha value is -2.82. The van der Waals surface area contributed by atoms with E-state index in [0.29, 0.717) is 0 Å². The number of carbonyl (C=O) groups is 1. The molecule has 0 aliphatic carbocycles. The third-order valence-corrected chi connectivity index (χ3v) is 4.33. The van der Waals surface area contributed by atoms with Crippen LogP contribution >= 0.6 is 0 Å². The van der Waals surface area contributed by atoms with Gasteiger partial charge < -0.3 is 15.5 Å². The van der Waals surface area contributed by atoms with Crippen molar-refractivity contribution in [1.29, 1.82) is 0 Å². The maximum atomic E-state index is 11.1. The SMILES string of the molecule is CN=C(NCCc1ccc(NC(C)=O)cc1)N1CCc2ccccc21. The molecule has 2 N–H and O–H groups in total. The first kappa shape index (κ1) is 17.0. The summed E-state index contributed by atoms with van der Waals surface area (Å²) in [6, 6.07) is 16.4. The molecule has 0 saturated heterocycles. The second-order valence-electron chi connectivity index (χ2n) is 6.13. The lowest BCUT2D eigenvalue weighted by Crippen LogP contribution is -2.41. The molecule has 1 aliphatic rings. The molecule has 2 aromatic rings. The van der Waals surface area contributed by atoms with Crippen LogP contribution in [0.25, 0.3) is 0 Å². The van der Waals surface area contributed by atoms with Crippen LogP contribution < -0.4 is 15.5 Å². The number of hydrogen-bond acceptors (Lipinski definition) is 2. The molecule has 0 fully saturated rings. The third-order valence-electron chi connectivity index (χ3n) is 4.33. The smallest absolute Gasteiger partial charge is 0.221 e. The molecule has 5 nitrogen and oxygen atoms in total. The van der Waals surface area contributed by atoms with E-state index >= 15 is 0 Å². The van der Waals surface area contributed by atoms with Gasteiger partial charge in [-0.3, -0.25) is 9.79 Å². The van der Waals surface area contributed by atoms with Crippen molar-refractivity contribution in [3.8, 4) is 0 Å². The van der Waals surface area contributed by atoms with E-state index in [0.717, 1.165) is 37.6 Å². The number of aliphatic imine (C=N–C) groups is 1. The van der Waals surface area contributed by atoms with Gasteiger partial charge in [0.15, 0.2) is 5.96 Å². The molecule has 0 aromatic heterocycles. The summed E-state index contributed by atoms with van der Waals surface area (Å²) >= 11 is 0. The maximum Gasteiger partial charge on any atom is 0.221 e. The molecule has 0 radical (unpaired) electrons. The fourth-order valence-electron chi connectivity index (χ4n) is 3.13. The summed E-state index contributed by atoms with van der Waals surface area (Å²) in [5.41, 5.74) is 4.67. The summed E-state index contributed by atoms with van der Waals surface area (Å²) in [4.78, 5) is 17.7. The molecule has 1 amide bonds. The molecule has 1 heterocycles. The Balaban J connectivity index is 1.55. The van der Waals surface area contributed by atoms with E-state index in [2.05, 4.69) is 44.8 Å². The number of anilines is 2. The van der Waals surface area contributed by atoms with E-state index in [1.54, 1.807) is 0 Å². The van der Waals surface area contributed by atoms with Gasteiger partial charge >= 0.3 is 0 Å². The average Bonchev–Trinajstić information content (AvgIpc) is 3.04. The minimum atomic E-state index is -0.0517. The van der Waals surface area contributed by atoms with Gasteiger partial charge in [0.25, 0.3) is 0 Å². The van der Waals surface area contributed by atoms with Gasteiger partial charge in [0, 0.05) is 38.4 Å². The lowest BCUT2D eigenvalue weighted by Gasteiger charge is -2.22. The molecule has 3 rings (SSSR count). The van der Waals surface area contributed by atoms with Gasteiger partial charge in [-0.2, -0.15) is 0 Å². The maximum absolute atomic E-state index is 11.1. The molecular weight excluding hydrogens is 312 g/mol. The normalized spacial score (nSPS) is 13.5. The minimum absolute atomic E-state index is 0.0517. The lowest BCUT2D eigenvalue weighted by atomic mass is 10.1. The fraction of sp³-hybridized carbons (Fsp3) is 0.300. The Morgan fingerprint density at radius 2 is 1.92 bits per heavy atom. The highest BCUT2D eigenvalue weighted by atomic mass is 16.1. The summed E-state index contributed by atoms with van der Waals surface area (Å²) in [6.45, 7) is 3.29. The highest BCUT2D eigenvalue weighted by Gasteiger charge is 2.21. The molecule has 0 saturated carbocycles. The number of rotatable bonds is 4. The summed E-state index contributed by atoms with van der Waals surface area (Å²) in [6.07, 6.45) is 1.95. The van der Waals surface area contributed by atoms with Gasteiger partial charge in [-0.15, -0.1) is 0 Å². The number of guanidine groups is 1. The Kier molecular flexibility index (Phi) is 5.33. The van der Waals surface area contributed by atoms with Crippen molar-refractivity contribution < 1.29 is 4.79 Å². The topological polar surface area (TPSA) is 56.7 Å². The summed E-state index contributed by atoms with van der Waals surface area (Å²) in [5.74, 6) is 0.865. The number of para-hydroxylation sites is 1. The van der Waals surface area contributed by atoms with Crippen molar-refractivity contribution in [3.05, 3.63) is 59.7 Å². The van der Waals surface area contributed by atoms with Crippen molar-refractivity contribution in [2.24, 2.45) is 4.99 Å². The van der Waals surface area contributed by atoms with Gasteiger partial charge in [0.05, 0.1) is 0 Å². The second kappa shape index (κ2) is 7.83. The molecule has 0 bridgehead atoms. The van der Waals surface area contributed by atoms with E-state index in [4.69, 9.17) is 0 Å². The standard InChI is InChI=1S/C20H24N4O/c1-15(25)23-18-9-7-16(8-10-18)11-13-22-20(21-2)24-14-12-17-5-3-4-6-19(17)24/h3-10H,11-14H2,1-2H3,(H,21,22)(H,23,25). The van der Waals surface area contributed by atoms with Crippen LogP contribution in [0.1, 0.15) is 18.1 Å². The van der Waals surface area contributed by atoms with Crippen LogP contribution in [-0.2, 0) is 17.6 Å². The number of hydrogen-bond donors (Lipinski definition) is 2. The van der Waals surface area contributed by atoms with Crippen molar-refractivity contribution in [3.63, 3.8) is 0 Å². The van der Waals surface area contributed by atoms with E-state index < -0.39 is 0 Å². The van der Waals surface area contributed by atoms with Crippen LogP contribution in [0.4, 0.5) is 11.4 Å². The van der Waals surface area contributed by atoms with E-state index in [1.165, 1.54) is 23.7 Å². The predicted molar refractivity (Wildman–Crippen MR) is 103 cm³/mol. The Labute approximate surface area is 148 Å². The van der Waals surface area contributed by atoms with Gasteiger partial charge in [0.1, 0.15) is 0 Å². The van der Waals surface area contributed by atoms with Crippen molar-refractivity contribution in [2.45, 2.75) is 19.8 Å². The van der Waals surface area contributed by atoms with Gasteiger partial charge in [-0.05, 0) is 42.2 Å². The first-order valence-corrected chi connectivity index (χ1v) is 8.60. The molecule has 130 valence electrons. The zero-order chi connectivity index (χ0) is 17.6. The minimum Gasteiger partial charge on any atom is -0.356 e. The van der Waals surface area contributed by atoms with Crippen LogP contribution in [0.3, 0.4) is 0 Å². The van der Waals surface area contributed by atoms with Crippen molar-refractivity contribution in [1.82, 2.24) is 5.32 Å². The predicted octanol–water partition coefficient (Wildman–Crippen LogP) is 2.83. The largest absolute Gasteiger partial charge is 0.356 e. The highest BCUT2D eigenvalue weighted by molar-refractivity contribution is 5.97. The molecule has 1 aliphatic heterocycles. The van der Waals surface area contributed by atoms with Crippen LogP contribution in [0, 0.1) is 0 Å². The van der Waals surface area contributed by atoms with Crippen LogP contribution in [0.2, 0.25) is 0 Å². The van der Waals surface area contributed by atoms with E-state index in [9.17, 15) is 4.79 Å². The molecule has 0 atom stereocenters. The summed E-state index contributed by atoms with van der Waals surface area (Å²) < 4.78 is 0. The Bertz CT molecular complexity index is 768. The average molecular weight is 336 g/mol. The molecular formula is C20H24N4O. The third kappa shape index (κ3) is 4.18. The highest BCUT2D eigenvalue weighted by Crippen LogP contribution is 2.27. The second-order valence-corrected chi connectivity index (χ2v) is 6.13. The summed E-state index contributed by atoms with van der Waals surface area (Å²) in [5, 5.41) is 6.24. The van der Waals surface area contributed by atoms with Crippen LogP contribution in [0.5, 0.6) is 0 Å². The molecule has 2 aromatic carbocycles. The Morgan fingerprint density at radius 1 is 1.16 bits per heavy atom. The van der Waals surface area contributed by atoms with Crippen molar-refractivity contribution in [2.75, 3.05) is 30.4 Å². The number of nitrogens with one attached hydrogen (secondary N) is 2. The quantitative estimate of drug-likeness (QED) is 0.667. The van der Waals surface area contributed by atoms with Crippen LogP contribution in [-0.4, -0.2) is 32.0 Å². The first-order chi connectivity index (χ1) is 12.2.